The minimum atomic E-state index is 0. The summed E-state index contributed by atoms with van der Waals surface area (Å²) in [7, 11) is 0. The van der Waals surface area contributed by atoms with E-state index in [1.54, 1.807) is 0 Å². The van der Waals surface area contributed by atoms with Crippen molar-refractivity contribution < 1.29 is 4.79 Å². The van der Waals surface area contributed by atoms with Crippen LogP contribution in [-0.2, 0) is 6.42 Å². The Morgan fingerprint density at radius 1 is 1.24 bits per heavy atom. The quantitative estimate of drug-likeness (QED) is 0.854. The van der Waals surface area contributed by atoms with Crippen molar-refractivity contribution in [2.24, 2.45) is 0 Å². The van der Waals surface area contributed by atoms with Crippen molar-refractivity contribution >= 4 is 24.0 Å². The molecule has 1 amide bonds. The van der Waals surface area contributed by atoms with Gasteiger partial charge >= 0.3 is 0 Å². The van der Waals surface area contributed by atoms with Crippen LogP contribution in [0, 0.1) is 0 Å². The number of nitrogens with zero attached hydrogens (tertiary/aromatic N) is 1. The van der Waals surface area contributed by atoms with Gasteiger partial charge in [-0.1, -0.05) is 18.9 Å². The van der Waals surface area contributed by atoms with Crippen LogP contribution in [0.5, 0.6) is 0 Å². The van der Waals surface area contributed by atoms with E-state index in [0.29, 0.717) is 6.04 Å². The van der Waals surface area contributed by atoms with Crippen molar-refractivity contribution in [3.8, 4) is 0 Å². The van der Waals surface area contributed by atoms with Crippen LogP contribution in [0.1, 0.15) is 54.9 Å². The minimum Gasteiger partial charge on any atom is -0.385 e. The summed E-state index contributed by atoms with van der Waals surface area (Å²) in [5.74, 6) is 0.236. The maximum absolute atomic E-state index is 12.9. The first-order chi connectivity index (χ1) is 9.77. The van der Waals surface area contributed by atoms with E-state index in [1.807, 2.05) is 12.1 Å². The highest BCUT2D eigenvalue weighted by Crippen LogP contribution is 2.28. The first kappa shape index (κ1) is 16.2. The van der Waals surface area contributed by atoms with E-state index in [-0.39, 0.29) is 18.3 Å². The van der Waals surface area contributed by atoms with E-state index in [9.17, 15) is 4.79 Å². The molecule has 0 spiro atoms. The third-order valence-corrected chi connectivity index (χ3v) is 4.64. The van der Waals surface area contributed by atoms with E-state index < -0.39 is 0 Å². The Labute approximate surface area is 133 Å². The smallest absolute Gasteiger partial charge is 0.254 e. The molecule has 116 valence electrons. The van der Waals surface area contributed by atoms with E-state index in [0.717, 1.165) is 50.0 Å². The molecule has 1 fully saturated rings. The van der Waals surface area contributed by atoms with Crippen molar-refractivity contribution in [1.82, 2.24) is 4.90 Å². The van der Waals surface area contributed by atoms with Crippen LogP contribution in [0.3, 0.4) is 0 Å². The molecule has 1 N–H and O–H groups in total. The molecule has 1 aromatic rings. The number of benzene rings is 1. The lowest BCUT2D eigenvalue weighted by atomic mass is 9.96. The lowest BCUT2D eigenvalue weighted by Gasteiger charge is -2.29. The highest BCUT2D eigenvalue weighted by molar-refractivity contribution is 5.97. The van der Waals surface area contributed by atoms with Crippen LogP contribution in [0.4, 0.5) is 5.69 Å². The molecule has 2 aliphatic rings. The molecular weight excluding hydrogens is 284 g/mol. The number of amides is 1. The van der Waals surface area contributed by atoms with Gasteiger partial charge in [0.1, 0.15) is 0 Å². The van der Waals surface area contributed by atoms with Crippen molar-refractivity contribution in [3.05, 3.63) is 29.3 Å². The van der Waals surface area contributed by atoms with E-state index in [2.05, 4.69) is 23.2 Å². The summed E-state index contributed by atoms with van der Waals surface area (Å²) in [6.07, 6.45) is 6.92. The molecule has 1 atom stereocenters. The van der Waals surface area contributed by atoms with Gasteiger partial charge in [-0.05, 0) is 50.3 Å². The fourth-order valence-corrected chi connectivity index (χ4v) is 3.44. The lowest BCUT2D eigenvalue weighted by molar-refractivity contribution is 0.0696. The van der Waals surface area contributed by atoms with E-state index in [1.165, 1.54) is 18.4 Å². The summed E-state index contributed by atoms with van der Waals surface area (Å²) in [5, 5.41) is 3.41. The number of anilines is 1. The standard InChI is InChI=1S/C17H24N2O.ClH/c1-13-7-3-2-4-12-19(13)17(20)15-8-5-10-16-14(15)9-6-11-18-16;/h5,8,10,13,18H,2-4,6-7,9,11-12H2,1H3;1H. The van der Waals surface area contributed by atoms with Crippen LogP contribution in [-0.4, -0.2) is 29.9 Å². The SMILES string of the molecule is CC1CCCCCN1C(=O)c1cccc2c1CCCN2.Cl. The highest BCUT2D eigenvalue weighted by atomic mass is 35.5. The van der Waals surface area contributed by atoms with Gasteiger partial charge in [0.2, 0.25) is 0 Å². The summed E-state index contributed by atoms with van der Waals surface area (Å²) in [6, 6.07) is 6.48. The summed E-state index contributed by atoms with van der Waals surface area (Å²) in [4.78, 5) is 15.0. The Morgan fingerprint density at radius 2 is 2.10 bits per heavy atom. The fourth-order valence-electron chi connectivity index (χ4n) is 3.44. The van der Waals surface area contributed by atoms with Crippen LogP contribution in [0.25, 0.3) is 0 Å². The molecule has 0 radical (unpaired) electrons. The molecule has 0 aliphatic carbocycles. The summed E-state index contributed by atoms with van der Waals surface area (Å²) in [5.41, 5.74) is 3.30. The largest absolute Gasteiger partial charge is 0.385 e. The van der Waals surface area contributed by atoms with Crippen LogP contribution in [0.2, 0.25) is 0 Å². The van der Waals surface area contributed by atoms with Gasteiger partial charge in [0.25, 0.3) is 5.91 Å². The summed E-state index contributed by atoms with van der Waals surface area (Å²) >= 11 is 0. The highest BCUT2D eigenvalue weighted by Gasteiger charge is 2.26. The van der Waals surface area contributed by atoms with Crippen LogP contribution in [0.15, 0.2) is 18.2 Å². The second-order valence-corrected chi connectivity index (χ2v) is 6.06. The average Bonchev–Trinajstić information content (AvgIpc) is 2.70. The zero-order valence-corrected chi connectivity index (χ0v) is 13.5. The van der Waals surface area contributed by atoms with Crippen molar-refractivity contribution in [2.45, 2.75) is 51.5 Å². The van der Waals surface area contributed by atoms with E-state index in [4.69, 9.17) is 0 Å². The molecule has 2 heterocycles. The third-order valence-electron chi connectivity index (χ3n) is 4.64. The molecule has 0 aromatic heterocycles. The van der Waals surface area contributed by atoms with Gasteiger partial charge in [-0.25, -0.2) is 0 Å². The first-order valence-electron chi connectivity index (χ1n) is 7.94. The Kier molecular flexibility index (Phi) is 5.51. The molecule has 1 unspecified atom stereocenters. The Morgan fingerprint density at radius 3 is 2.95 bits per heavy atom. The number of nitrogens with one attached hydrogen (secondary N) is 1. The molecule has 0 saturated carbocycles. The molecule has 3 rings (SSSR count). The van der Waals surface area contributed by atoms with Gasteiger partial charge in [-0.2, -0.15) is 0 Å². The first-order valence-corrected chi connectivity index (χ1v) is 7.94. The summed E-state index contributed by atoms with van der Waals surface area (Å²) < 4.78 is 0. The van der Waals surface area contributed by atoms with Crippen LogP contribution < -0.4 is 5.32 Å². The number of hydrogen-bond donors (Lipinski definition) is 1. The van der Waals surface area contributed by atoms with Crippen molar-refractivity contribution in [2.75, 3.05) is 18.4 Å². The molecule has 3 nitrogen and oxygen atoms in total. The van der Waals surface area contributed by atoms with Gasteiger partial charge in [0.05, 0.1) is 0 Å². The minimum absolute atomic E-state index is 0. The van der Waals surface area contributed by atoms with Gasteiger partial charge in [-0.15, -0.1) is 12.4 Å². The Balaban J connectivity index is 0.00000161. The van der Waals surface area contributed by atoms with Crippen LogP contribution >= 0.6 is 12.4 Å². The maximum atomic E-state index is 12.9. The second kappa shape index (κ2) is 7.17. The topological polar surface area (TPSA) is 32.3 Å². The van der Waals surface area contributed by atoms with Gasteiger partial charge in [0.15, 0.2) is 0 Å². The molecule has 2 aliphatic heterocycles. The molecule has 21 heavy (non-hydrogen) atoms. The predicted molar refractivity (Wildman–Crippen MR) is 89.5 cm³/mol. The third kappa shape index (κ3) is 3.34. The molecule has 1 aromatic carbocycles. The molecular formula is C17H25ClN2O. The zero-order chi connectivity index (χ0) is 13.9. The molecule has 1 saturated heterocycles. The zero-order valence-electron chi connectivity index (χ0n) is 12.7. The number of hydrogen-bond acceptors (Lipinski definition) is 2. The fraction of sp³-hybridized carbons (Fsp3) is 0.588. The van der Waals surface area contributed by atoms with Crippen molar-refractivity contribution in [3.63, 3.8) is 0 Å². The average molecular weight is 309 g/mol. The maximum Gasteiger partial charge on any atom is 0.254 e. The predicted octanol–water partition coefficient (Wildman–Crippen LogP) is 3.87. The van der Waals surface area contributed by atoms with Gasteiger partial charge < -0.3 is 10.2 Å². The molecule has 4 heteroatoms. The monoisotopic (exact) mass is 308 g/mol. The number of likely N-dealkylation sites (tertiary alicyclic amines) is 1. The number of carbonyl (C=O) groups excluding carboxylic acids is 1. The molecule has 0 bridgehead atoms. The van der Waals surface area contributed by atoms with Gasteiger partial charge in [0, 0.05) is 30.4 Å². The van der Waals surface area contributed by atoms with E-state index >= 15 is 0 Å². The lowest BCUT2D eigenvalue weighted by Crippen LogP contribution is -2.39. The van der Waals surface area contributed by atoms with Gasteiger partial charge in [-0.3, -0.25) is 4.79 Å². The number of rotatable bonds is 1. The Bertz CT molecular complexity index is 504. The second-order valence-electron chi connectivity index (χ2n) is 6.06. The van der Waals surface area contributed by atoms with Crippen molar-refractivity contribution in [1.29, 1.82) is 0 Å². The number of halogens is 1. The number of fused-ring (bicyclic) bond motifs is 1. The normalized spacial score (nSPS) is 21.6. The summed E-state index contributed by atoms with van der Waals surface area (Å²) in [6.45, 7) is 4.12. The number of carbonyl (C=O) groups is 1. The Hall–Kier alpha value is -1.22.